The van der Waals surface area contributed by atoms with Crippen LogP contribution in [0, 0.1) is 0 Å². The Hall–Kier alpha value is -1.62. The Morgan fingerprint density at radius 2 is 0.741 bits per heavy atom. The second-order valence-corrected chi connectivity index (χ2v) is 16.0. The monoisotopic (exact) mass is 761 g/mol. The van der Waals surface area contributed by atoms with Crippen LogP contribution in [-0.4, -0.2) is 37.9 Å². The number of ether oxygens (including phenoxy) is 3. The lowest BCUT2D eigenvalue weighted by Crippen LogP contribution is -2.30. The lowest BCUT2D eigenvalue weighted by Gasteiger charge is -2.18. The number of hydrogen-bond donors (Lipinski definition) is 0. The number of esters is 2. The maximum absolute atomic E-state index is 12.7. The van der Waals surface area contributed by atoms with E-state index in [1.165, 1.54) is 167 Å². The van der Waals surface area contributed by atoms with Crippen LogP contribution >= 0.6 is 0 Å². The summed E-state index contributed by atoms with van der Waals surface area (Å²) in [5, 5.41) is 0. The summed E-state index contributed by atoms with van der Waals surface area (Å²) in [6.07, 6.45) is 51.8. The van der Waals surface area contributed by atoms with Crippen molar-refractivity contribution in [2.75, 3.05) is 19.8 Å². The van der Waals surface area contributed by atoms with Gasteiger partial charge in [0, 0.05) is 19.4 Å². The molecule has 0 aromatic heterocycles. The van der Waals surface area contributed by atoms with Gasteiger partial charge in [0.15, 0.2) is 6.10 Å². The maximum atomic E-state index is 12.7. The standard InChI is InChI=1S/C49H92O5/c1-4-7-10-13-16-19-21-22-23-24-25-26-27-28-30-31-33-36-39-42-48(50)53-46-47(45-52-44-41-38-35-18-15-12-9-6-3)54-49(51)43-40-37-34-32-29-20-17-14-11-8-5-2/h14,17,22-23,47H,4-13,15-16,18-21,24-46H2,1-3H3/b17-14-,23-22-. The van der Waals surface area contributed by atoms with E-state index in [0.717, 1.165) is 51.4 Å². The molecule has 1 atom stereocenters. The second kappa shape index (κ2) is 45.8. The summed E-state index contributed by atoms with van der Waals surface area (Å²) < 4.78 is 17.3. The van der Waals surface area contributed by atoms with Crippen LogP contribution in [0.1, 0.15) is 252 Å². The molecule has 0 fully saturated rings. The molecule has 0 heterocycles. The average Bonchev–Trinajstić information content (AvgIpc) is 3.17. The van der Waals surface area contributed by atoms with Crippen LogP contribution < -0.4 is 0 Å². The maximum Gasteiger partial charge on any atom is 0.306 e. The highest BCUT2D eigenvalue weighted by Crippen LogP contribution is 2.14. The lowest BCUT2D eigenvalue weighted by atomic mass is 10.1. The third-order valence-electron chi connectivity index (χ3n) is 10.5. The lowest BCUT2D eigenvalue weighted by molar-refractivity contribution is -0.163. The molecule has 0 aromatic carbocycles. The van der Waals surface area contributed by atoms with Crippen LogP contribution in [-0.2, 0) is 23.8 Å². The van der Waals surface area contributed by atoms with Crippen molar-refractivity contribution in [2.45, 2.75) is 258 Å². The van der Waals surface area contributed by atoms with Gasteiger partial charge in [-0.3, -0.25) is 9.59 Å². The fourth-order valence-electron chi connectivity index (χ4n) is 6.84. The number of allylic oxidation sites excluding steroid dienone is 4. The number of carbonyl (C=O) groups is 2. The molecular weight excluding hydrogens is 669 g/mol. The highest BCUT2D eigenvalue weighted by molar-refractivity contribution is 5.70. The van der Waals surface area contributed by atoms with Crippen molar-refractivity contribution in [3.8, 4) is 0 Å². The fraction of sp³-hybridized carbons (Fsp3) is 0.878. The molecule has 1 unspecified atom stereocenters. The molecule has 54 heavy (non-hydrogen) atoms. The quantitative estimate of drug-likeness (QED) is 0.0352. The van der Waals surface area contributed by atoms with Gasteiger partial charge >= 0.3 is 11.9 Å². The van der Waals surface area contributed by atoms with Crippen LogP contribution in [0.25, 0.3) is 0 Å². The first kappa shape index (κ1) is 52.4. The van der Waals surface area contributed by atoms with E-state index in [4.69, 9.17) is 14.2 Å². The Morgan fingerprint density at radius 1 is 0.389 bits per heavy atom. The molecule has 0 aromatic rings. The van der Waals surface area contributed by atoms with E-state index in [0.29, 0.717) is 19.4 Å². The number of hydrogen-bond acceptors (Lipinski definition) is 5. The van der Waals surface area contributed by atoms with Gasteiger partial charge in [-0.1, -0.05) is 199 Å². The molecule has 0 aliphatic carbocycles. The van der Waals surface area contributed by atoms with E-state index >= 15 is 0 Å². The molecule has 0 radical (unpaired) electrons. The molecule has 0 bridgehead atoms. The van der Waals surface area contributed by atoms with Crippen molar-refractivity contribution in [1.82, 2.24) is 0 Å². The van der Waals surface area contributed by atoms with E-state index in [1.807, 2.05) is 0 Å². The predicted molar refractivity (Wildman–Crippen MR) is 233 cm³/mol. The van der Waals surface area contributed by atoms with Gasteiger partial charge in [-0.2, -0.15) is 0 Å². The minimum atomic E-state index is -0.531. The van der Waals surface area contributed by atoms with Gasteiger partial charge in [-0.25, -0.2) is 0 Å². The van der Waals surface area contributed by atoms with E-state index in [2.05, 4.69) is 45.1 Å². The van der Waals surface area contributed by atoms with Crippen molar-refractivity contribution < 1.29 is 23.8 Å². The number of unbranched alkanes of at least 4 members (excludes halogenated alkanes) is 29. The van der Waals surface area contributed by atoms with Gasteiger partial charge < -0.3 is 14.2 Å². The van der Waals surface area contributed by atoms with Crippen molar-refractivity contribution in [3.63, 3.8) is 0 Å². The third kappa shape index (κ3) is 43.1. The summed E-state index contributed by atoms with van der Waals surface area (Å²) >= 11 is 0. The molecule has 318 valence electrons. The van der Waals surface area contributed by atoms with E-state index < -0.39 is 6.10 Å². The van der Waals surface area contributed by atoms with Crippen LogP contribution in [0.5, 0.6) is 0 Å². The first-order valence-electron chi connectivity index (χ1n) is 23.9. The van der Waals surface area contributed by atoms with Crippen molar-refractivity contribution in [3.05, 3.63) is 24.3 Å². The second-order valence-electron chi connectivity index (χ2n) is 16.0. The van der Waals surface area contributed by atoms with Crippen LogP contribution in [0.4, 0.5) is 0 Å². The Morgan fingerprint density at radius 3 is 1.19 bits per heavy atom. The Bertz CT molecular complexity index is 821. The zero-order chi connectivity index (χ0) is 39.3. The molecule has 0 amide bonds. The van der Waals surface area contributed by atoms with Gasteiger partial charge in [0.05, 0.1) is 6.61 Å². The van der Waals surface area contributed by atoms with E-state index in [1.54, 1.807) is 0 Å². The topological polar surface area (TPSA) is 61.8 Å². The molecular formula is C49H92O5. The Kier molecular flexibility index (Phi) is 44.4. The normalized spacial score (nSPS) is 12.3. The van der Waals surface area contributed by atoms with E-state index in [9.17, 15) is 9.59 Å². The summed E-state index contributed by atoms with van der Waals surface area (Å²) in [6, 6.07) is 0. The molecule has 0 saturated heterocycles. The molecule has 0 aliphatic rings. The summed E-state index contributed by atoms with van der Waals surface area (Å²) in [4.78, 5) is 25.2. The van der Waals surface area contributed by atoms with Crippen LogP contribution in [0.15, 0.2) is 24.3 Å². The van der Waals surface area contributed by atoms with E-state index in [-0.39, 0.29) is 25.2 Å². The molecule has 0 N–H and O–H groups in total. The van der Waals surface area contributed by atoms with Crippen molar-refractivity contribution >= 4 is 11.9 Å². The fourth-order valence-corrected chi connectivity index (χ4v) is 6.84. The van der Waals surface area contributed by atoms with Gasteiger partial charge in [-0.05, 0) is 64.2 Å². The number of rotatable bonds is 44. The average molecular weight is 761 g/mol. The summed E-state index contributed by atoms with van der Waals surface area (Å²) in [5.41, 5.74) is 0. The number of carbonyl (C=O) groups excluding carboxylic acids is 2. The van der Waals surface area contributed by atoms with Crippen molar-refractivity contribution in [1.29, 1.82) is 0 Å². The summed E-state index contributed by atoms with van der Waals surface area (Å²) in [6.45, 7) is 7.79. The first-order chi connectivity index (χ1) is 26.6. The Balaban J connectivity index is 4.10. The largest absolute Gasteiger partial charge is 0.462 e. The van der Waals surface area contributed by atoms with Gasteiger partial charge in [0.2, 0.25) is 0 Å². The van der Waals surface area contributed by atoms with Gasteiger partial charge in [0.1, 0.15) is 6.61 Å². The SMILES string of the molecule is CCCC/C=C\CCCCCCCC(=O)OC(COCCCCCCCCCC)COC(=O)CCCCCCCCCCC/C=C\CCCCCCCC. The molecule has 5 heteroatoms. The Labute approximate surface area is 337 Å². The van der Waals surface area contributed by atoms with Crippen molar-refractivity contribution in [2.24, 2.45) is 0 Å². The third-order valence-corrected chi connectivity index (χ3v) is 10.5. The van der Waals surface area contributed by atoms with Crippen LogP contribution in [0.2, 0.25) is 0 Å². The summed E-state index contributed by atoms with van der Waals surface area (Å²) in [7, 11) is 0. The molecule has 0 rings (SSSR count). The molecule has 0 saturated carbocycles. The summed E-state index contributed by atoms with van der Waals surface area (Å²) in [5.74, 6) is -0.401. The molecule has 5 nitrogen and oxygen atoms in total. The van der Waals surface area contributed by atoms with Gasteiger partial charge in [0.25, 0.3) is 0 Å². The first-order valence-corrected chi connectivity index (χ1v) is 23.9. The minimum absolute atomic E-state index is 0.0860. The highest BCUT2D eigenvalue weighted by atomic mass is 16.6. The predicted octanol–water partition coefficient (Wildman–Crippen LogP) is 15.7. The van der Waals surface area contributed by atoms with Gasteiger partial charge in [-0.15, -0.1) is 0 Å². The van der Waals surface area contributed by atoms with Crippen LogP contribution in [0.3, 0.4) is 0 Å². The minimum Gasteiger partial charge on any atom is -0.462 e. The smallest absolute Gasteiger partial charge is 0.306 e. The zero-order valence-electron chi connectivity index (χ0n) is 36.5. The highest BCUT2D eigenvalue weighted by Gasteiger charge is 2.17. The molecule has 0 aliphatic heterocycles. The zero-order valence-corrected chi connectivity index (χ0v) is 36.5. The molecule has 0 spiro atoms.